The van der Waals surface area contributed by atoms with Crippen LogP contribution in [0.5, 0.6) is 0 Å². The second kappa shape index (κ2) is 6.65. The molecule has 0 aromatic carbocycles. The smallest absolute Gasteiger partial charge is 0.0984 e. The zero-order chi connectivity index (χ0) is 14.8. The quantitative estimate of drug-likeness (QED) is 0.343. The molecular formula is C16H26O3S. The Morgan fingerprint density at radius 1 is 1.60 bits per heavy atom. The van der Waals surface area contributed by atoms with Crippen LogP contribution in [-0.2, 0) is 9.47 Å². The number of allylic oxidation sites excluding steroid dienone is 1. The molecule has 1 N–H and O–H groups in total. The lowest BCUT2D eigenvalue weighted by molar-refractivity contribution is 0.0131. The van der Waals surface area contributed by atoms with Crippen LogP contribution in [0.4, 0.5) is 0 Å². The zero-order valence-electron chi connectivity index (χ0n) is 12.5. The molecule has 1 saturated heterocycles. The second-order valence-corrected chi connectivity index (χ2v) is 6.46. The van der Waals surface area contributed by atoms with E-state index in [4.69, 9.17) is 9.47 Å². The number of aliphatic hydroxyl groups excluding tert-OH is 1. The maximum Gasteiger partial charge on any atom is 0.0984 e. The number of aliphatic hydroxyl groups is 1. The first kappa shape index (κ1) is 16.1. The number of rotatable bonds is 6. The first-order valence-corrected chi connectivity index (χ1v) is 7.98. The van der Waals surface area contributed by atoms with Crippen molar-refractivity contribution in [3.05, 3.63) is 23.8 Å². The summed E-state index contributed by atoms with van der Waals surface area (Å²) in [5.74, 6) is 0.639. The molecule has 0 aromatic rings. The minimum Gasteiger partial charge on any atom is -0.388 e. The van der Waals surface area contributed by atoms with Crippen molar-refractivity contribution in [2.75, 3.05) is 12.5 Å². The van der Waals surface area contributed by atoms with Gasteiger partial charge < -0.3 is 14.6 Å². The molecule has 0 amide bonds. The molecule has 114 valence electrons. The van der Waals surface area contributed by atoms with Gasteiger partial charge in [0.05, 0.1) is 30.4 Å². The second-order valence-electron chi connectivity index (χ2n) is 6.21. The van der Waals surface area contributed by atoms with Crippen LogP contribution < -0.4 is 0 Å². The Bertz CT molecular complexity index is 383. The lowest BCUT2D eigenvalue weighted by atomic mass is 9.72. The summed E-state index contributed by atoms with van der Waals surface area (Å²) in [5, 5.41) is 10.3. The van der Waals surface area contributed by atoms with E-state index in [9.17, 15) is 5.11 Å². The van der Waals surface area contributed by atoms with E-state index in [0.717, 1.165) is 31.4 Å². The number of ether oxygens (including phenoxy) is 2. The van der Waals surface area contributed by atoms with E-state index in [1.807, 2.05) is 13.8 Å². The third-order valence-corrected chi connectivity index (χ3v) is 4.62. The Hall–Kier alpha value is -0.290. The van der Waals surface area contributed by atoms with E-state index >= 15 is 0 Å². The van der Waals surface area contributed by atoms with E-state index in [1.54, 1.807) is 0 Å². The highest BCUT2D eigenvalue weighted by Crippen LogP contribution is 2.50. The highest BCUT2D eigenvalue weighted by atomic mass is 32.1. The van der Waals surface area contributed by atoms with Gasteiger partial charge in [-0.15, -0.1) is 0 Å². The number of thiol groups is 1. The minimum absolute atomic E-state index is 0.0699. The molecule has 2 rings (SSSR count). The fourth-order valence-electron chi connectivity index (χ4n) is 3.09. The summed E-state index contributed by atoms with van der Waals surface area (Å²) in [4.78, 5) is 0. The van der Waals surface area contributed by atoms with Crippen molar-refractivity contribution >= 4 is 12.6 Å². The van der Waals surface area contributed by atoms with Gasteiger partial charge in [-0.25, -0.2) is 0 Å². The number of hydrogen-bond donors (Lipinski definition) is 2. The minimum atomic E-state index is -0.495. The van der Waals surface area contributed by atoms with Gasteiger partial charge in [0, 0.05) is 5.92 Å². The Morgan fingerprint density at radius 3 is 2.85 bits per heavy atom. The normalized spacial score (nSPS) is 33.8. The van der Waals surface area contributed by atoms with E-state index in [1.165, 1.54) is 5.57 Å². The van der Waals surface area contributed by atoms with Gasteiger partial charge in [0.15, 0.2) is 0 Å². The third-order valence-electron chi connectivity index (χ3n) is 4.47. The Morgan fingerprint density at radius 2 is 2.30 bits per heavy atom. The molecule has 1 aliphatic carbocycles. The molecule has 0 radical (unpaired) electrons. The lowest BCUT2D eigenvalue weighted by Crippen LogP contribution is -2.39. The molecule has 20 heavy (non-hydrogen) atoms. The SMILES string of the molecule is C=C(C(O)CC=C(C)C)C1CC(OCS)CCC12CO2. The van der Waals surface area contributed by atoms with Crippen molar-refractivity contribution in [2.24, 2.45) is 5.92 Å². The van der Waals surface area contributed by atoms with Crippen LogP contribution in [0.3, 0.4) is 0 Å². The van der Waals surface area contributed by atoms with Crippen molar-refractivity contribution < 1.29 is 14.6 Å². The van der Waals surface area contributed by atoms with Crippen molar-refractivity contribution in [2.45, 2.75) is 57.3 Å². The van der Waals surface area contributed by atoms with Crippen LogP contribution >= 0.6 is 12.6 Å². The maximum absolute atomic E-state index is 10.3. The van der Waals surface area contributed by atoms with Gasteiger partial charge in [-0.05, 0) is 45.1 Å². The largest absolute Gasteiger partial charge is 0.388 e. The number of epoxide rings is 1. The zero-order valence-corrected chi connectivity index (χ0v) is 13.4. The van der Waals surface area contributed by atoms with Crippen molar-refractivity contribution in [1.82, 2.24) is 0 Å². The number of hydrogen-bond acceptors (Lipinski definition) is 4. The van der Waals surface area contributed by atoms with E-state index in [-0.39, 0.29) is 17.6 Å². The van der Waals surface area contributed by atoms with Crippen LogP contribution in [0.25, 0.3) is 0 Å². The van der Waals surface area contributed by atoms with Gasteiger partial charge in [-0.1, -0.05) is 18.2 Å². The molecule has 4 atom stereocenters. The van der Waals surface area contributed by atoms with Crippen molar-refractivity contribution in [3.63, 3.8) is 0 Å². The Kier molecular flexibility index (Phi) is 5.35. The summed E-state index contributed by atoms with van der Waals surface area (Å²) in [6.07, 6.45) is 5.28. The molecule has 0 bridgehead atoms. The third kappa shape index (κ3) is 3.67. The predicted molar refractivity (Wildman–Crippen MR) is 83.9 cm³/mol. The monoisotopic (exact) mass is 298 g/mol. The first-order valence-electron chi connectivity index (χ1n) is 7.35. The van der Waals surface area contributed by atoms with E-state index < -0.39 is 6.10 Å². The lowest BCUT2D eigenvalue weighted by Gasteiger charge is -2.36. The average molecular weight is 298 g/mol. The summed E-state index contributed by atoms with van der Waals surface area (Å²) in [7, 11) is 0. The van der Waals surface area contributed by atoms with Crippen LogP contribution in [0, 0.1) is 5.92 Å². The molecule has 3 nitrogen and oxygen atoms in total. The molecule has 2 aliphatic rings. The summed E-state index contributed by atoms with van der Waals surface area (Å²) in [6, 6.07) is 0. The molecule has 4 unspecified atom stereocenters. The van der Waals surface area contributed by atoms with Gasteiger partial charge in [0.25, 0.3) is 0 Å². The Labute approximate surface area is 127 Å². The molecule has 0 aromatic heterocycles. The fourth-order valence-corrected chi connectivity index (χ4v) is 3.30. The highest BCUT2D eigenvalue weighted by Gasteiger charge is 2.55. The molecule has 4 heteroatoms. The van der Waals surface area contributed by atoms with E-state index in [0.29, 0.717) is 12.4 Å². The van der Waals surface area contributed by atoms with Gasteiger partial charge >= 0.3 is 0 Å². The summed E-state index contributed by atoms with van der Waals surface area (Å²) in [6.45, 7) is 9.02. The van der Waals surface area contributed by atoms with Gasteiger partial charge in [-0.2, -0.15) is 12.6 Å². The van der Waals surface area contributed by atoms with Crippen molar-refractivity contribution in [3.8, 4) is 0 Å². The standard InChI is InChI=1S/C16H26O3S/c1-11(2)4-5-15(17)12(3)14-8-13(18-10-20)6-7-16(14)9-19-16/h4,13-15,17,20H,3,5-10H2,1-2H3. The molecule has 1 saturated carbocycles. The first-order chi connectivity index (χ1) is 9.48. The molecule has 1 heterocycles. The van der Waals surface area contributed by atoms with Crippen LogP contribution in [0.15, 0.2) is 23.8 Å². The van der Waals surface area contributed by atoms with Gasteiger partial charge in [0.1, 0.15) is 0 Å². The maximum atomic E-state index is 10.3. The predicted octanol–water partition coefficient (Wildman–Crippen LogP) is 3.10. The molecular weight excluding hydrogens is 272 g/mol. The summed E-state index contributed by atoms with van der Waals surface area (Å²) < 4.78 is 11.3. The molecule has 2 fully saturated rings. The summed E-state index contributed by atoms with van der Waals surface area (Å²) >= 11 is 4.13. The van der Waals surface area contributed by atoms with Gasteiger partial charge in [0.2, 0.25) is 0 Å². The highest BCUT2D eigenvalue weighted by molar-refractivity contribution is 7.80. The van der Waals surface area contributed by atoms with Gasteiger partial charge in [-0.3, -0.25) is 0 Å². The van der Waals surface area contributed by atoms with Crippen LogP contribution in [0.2, 0.25) is 0 Å². The molecule has 1 spiro atoms. The average Bonchev–Trinajstić information content (AvgIpc) is 3.18. The van der Waals surface area contributed by atoms with Crippen molar-refractivity contribution in [1.29, 1.82) is 0 Å². The van der Waals surface area contributed by atoms with Crippen LogP contribution in [0.1, 0.15) is 39.5 Å². The summed E-state index contributed by atoms with van der Waals surface area (Å²) in [5.41, 5.74) is 2.04. The van der Waals surface area contributed by atoms with E-state index in [2.05, 4.69) is 25.3 Å². The van der Waals surface area contributed by atoms with Crippen LogP contribution in [-0.4, -0.2) is 35.5 Å². The molecule has 1 aliphatic heterocycles. The fraction of sp³-hybridized carbons (Fsp3) is 0.750. The Balaban J connectivity index is 2.00. The topological polar surface area (TPSA) is 42.0 Å².